The first-order chi connectivity index (χ1) is 15.6. The van der Waals surface area contributed by atoms with Gasteiger partial charge in [0.25, 0.3) is 5.96 Å². The van der Waals surface area contributed by atoms with E-state index in [0.717, 1.165) is 5.56 Å². The molecule has 0 unspecified atom stereocenters. The molecule has 0 aliphatic carbocycles. The Balaban J connectivity index is 2.75. The molecular formula is C21H34BN5O6. The number of benzene rings is 1. The summed E-state index contributed by atoms with van der Waals surface area (Å²) in [6.45, 7) is 3.92. The van der Waals surface area contributed by atoms with Crippen molar-refractivity contribution in [2.45, 2.75) is 58.3 Å². The molecular weight excluding hydrogens is 429 g/mol. The Bertz CT molecular complexity index is 791. The van der Waals surface area contributed by atoms with Gasteiger partial charge in [-0.2, -0.15) is 0 Å². The molecule has 11 nitrogen and oxygen atoms in total. The molecule has 0 bridgehead atoms. The Labute approximate surface area is 194 Å². The number of aliphatic imine (C=N–C) groups is 1. The summed E-state index contributed by atoms with van der Waals surface area (Å²) in [6, 6.07) is 9.54. The number of ketones is 1. The third-order valence-electron chi connectivity index (χ3n) is 4.99. The third kappa shape index (κ3) is 12.6. The van der Waals surface area contributed by atoms with Crippen LogP contribution < -0.4 is 16.5 Å². The number of hydrogen-bond acceptors (Lipinski definition) is 7. The maximum Gasteiger partial charge on any atom is 0.475 e. The number of nitro groups is 1. The van der Waals surface area contributed by atoms with E-state index in [4.69, 9.17) is 5.73 Å². The number of aryl methyl sites for hydroxylation is 1. The zero-order chi connectivity index (χ0) is 24.8. The van der Waals surface area contributed by atoms with Crippen molar-refractivity contribution in [3.8, 4) is 0 Å². The summed E-state index contributed by atoms with van der Waals surface area (Å²) in [7, 11) is -1.72. The number of hydrogen-bond donors (Lipinski definition) is 5. The minimum absolute atomic E-state index is 0.000926. The summed E-state index contributed by atoms with van der Waals surface area (Å²) < 4.78 is 0. The molecule has 182 valence electrons. The molecule has 0 heterocycles. The van der Waals surface area contributed by atoms with Crippen LogP contribution in [0.2, 0.25) is 0 Å². The van der Waals surface area contributed by atoms with Gasteiger partial charge < -0.3 is 21.1 Å². The van der Waals surface area contributed by atoms with Crippen molar-refractivity contribution >= 4 is 24.8 Å². The van der Waals surface area contributed by atoms with Crippen molar-refractivity contribution in [3.05, 3.63) is 46.0 Å². The number of nitrogens with one attached hydrogen (secondary N) is 2. The lowest BCUT2D eigenvalue weighted by molar-refractivity contribution is -0.525. The molecule has 12 heteroatoms. The van der Waals surface area contributed by atoms with Crippen LogP contribution >= 0.6 is 0 Å². The minimum Gasteiger partial charge on any atom is -0.426 e. The first kappa shape index (κ1) is 28.0. The number of Topliss-reactive ketones (excluding diaryl/α,β-unsaturated/α-hetero) is 1. The molecule has 1 amide bonds. The molecule has 1 aromatic carbocycles. The predicted molar refractivity (Wildman–Crippen MR) is 125 cm³/mol. The van der Waals surface area contributed by atoms with Crippen LogP contribution in [0.1, 0.15) is 51.5 Å². The smallest absolute Gasteiger partial charge is 0.426 e. The number of hydrazine groups is 1. The first-order valence-corrected chi connectivity index (χ1v) is 11.0. The van der Waals surface area contributed by atoms with Gasteiger partial charge in [0.1, 0.15) is 5.78 Å². The highest BCUT2D eigenvalue weighted by Gasteiger charge is 2.29. The highest BCUT2D eigenvalue weighted by atomic mass is 16.7. The third-order valence-corrected chi connectivity index (χ3v) is 4.99. The summed E-state index contributed by atoms with van der Waals surface area (Å²) in [5, 5.41) is 31.4. The van der Waals surface area contributed by atoms with Crippen LogP contribution in [0, 0.1) is 22.0 Å². The summed E-state index contributed by atoms with van der Waals surface area (Å²) in [4.78, 5) is 39.6. The zero-order valence-corrected chi connectivity index (χ0v) is 19.1. The lowest BCUT2D eigenvalue weighted by Gasteiger charge is -2.23. The summed E-state index contributed by atoms with van der Waals surface area (Å²) in [5.41, 5.74) is 8.14. The molecule has 0 aliphatic heterocycles. The molecule has 33 heavy (non-hydrogen) atoms. The van der Waals surface area contributed by atoms with Crippen molar-refractivity contribution in [1.29, 1.82) is 0 Å². The van der Waals surface area contributed by atoms with Crippen LogP contribution in [0.25, 0.3) is 0 Å². The normalized spacial score (nSPS) is 13.3. The number of carbonyl (C=O) groups is 2. The highest BCUT2D eigenvalue weighted by Crippen LogP contribution is 2.17. The lowest BCUT2D eigenvalue weighted by atomic mass is 9.74. The van der Waals surface area contributed by atoms with E-state index in [1.54, 1.807) is 5.43 Å². The second kappa shape index (κ2) is 15.0. The first-order valence-electron chi connectivity index (χ1n) is 11.0. The average Bonchev–Trinajstić information content (AvgIpc) is 2.73. The van der Waals surface area contributed by atoms with Gasteiger partial charge in [0.15, 0.2) is 5.03 Å². The quantitative estimate of drug-likeness (QED) is 0.0627. The molecule has 1 rings (SSSR count). The SMILES string of the molecule is CC(C)C[C@H](NC(=O)[C@H](CCCN=C(N)N[N+](=O)[O-])CC(=O)CCc1ccccc1)B(O)O. The second-order valence-electron chi connectivity index (χ2n) is 8.36. The maximum absolute atomic E-state index is 12.9. The van der Waals surface area contributed by atoms with Crippen molar-refractivity contribution in [2.24, 2.45) is 22.6 Å². The van der Waals surface area contributed by atoms with Crippen molar-refractivity contribution in [1.82, 2.24) is 10.7 Å². The average molecular weight is 463 g/mol. The van der Waals surface area contributed by atoms with E-state index in [2.05, 4.69) is 10.3 Å². The van der Waals surface area contributed by atoms with Crippen molar-refractivity contribution < 1.29 is 24.7 Å². The van der Waals surface area contributed by atoms with Gasteiger partial charge in [-0.15, -0.1) is 0 Å². The number of carbonyl (C=O) groups excluding carboxylic acids is 2. The topological polar surface area (TPSA) is 180 Å². The van der Waals surface area contributed by atoms with Gasteiger partial charge in [-0.05, 0) is 37.2 Å². The van der Waals surface area contributed by atoms with Crippen LogP contribution in [-0.2, 0) is 16.0 Å². The largest absolute Gasteiger partial charge is 0.475 e. The Kier molecular flexibility index (Phi) is 12.7. The van der Waals surface area contributed by atoms with Gasteiger partial charge in [0.05, 0.1) is 5.94 Å². The molecule has 2 atom stereocenters. The van der Waals surface area contributed by atoms with E-state index in [-0.39, 0.29) is 43.5 Å². The van der Waals surface area contributed by atoms with Crippen LogP contribution in [0.3, 0.4) is 0 Å². The molecule has 6 N–H and O–H groups in total. The van der Waals surface area contributed by atoms with Crippen LogP contribution in [-0.4, -0.2) is 52.3 Å². The standard InChI is InChI=1S/C21H34BN5O6/c1-15(2)13-19(22(30)31)25-20(29)17(9-6-12-24-21(23)26-27(32)33)14-18(28)11-10-16-7-4-3-5-8-16/h3-5,7-8,15,17,19,30-31H,6,9-14H2,1-2H3,(H,25,29)(H3,23,24,26)/t17-,19+/m1/s1. The van der Waals surface area contributed by atoms with Gasteiger partial charge in [-0.3, -0.25) is 9.59 Å². The number of guanidine groups is 1. The van der Waals surface area contributed by atoms with Crippen LogP contribution in [0.5, 0.6) is 0 Å². The summed E-state index contributed by atoms with van der Waals surface area (Å²) in [5.74, 6) is -2.29. The number of nitrogens with two attached hydrogens (primary N) is 1. The molecule has 0 aromatic heterocycles. The van der Waals surface area contributed by atoms with Crippen LogP contribution in [0.15, 0.2) is 35.3 Å². The van der Waals surface area contributed by atoms with E-state index in [1.165, 1.54) is 0 Å². The molecule has 0 saturated heterocycles. The monoisotopic (exact) mass is 463 g/mol. The Morgan fingerprint density at radius 2 is 1.91 bits per heavy atom. The fraction of sp³-hybridized carbons (Fsp3) is 0.571. The van der Waals surface area contributed by atoms with Gasteiger partial charge in [-0.1, -0.05) is 49.6 Å². The fourth-order valence-corrected chi connectivity index (χ4v) is 3.36. The van der Waals surface area contributed by atoms with Gasteiger partial charge >= 0.3 is 7.12 Å². The Hall–Kier alpha value is -2.99. The van der Waals surface area contributed by atoms with E-state index >= 15 is 0 Å². The Morgan fingerprint density at radius 3 is 2.48 bits per heavy atom. The minimum atomic E-state index is -1.72. The van der Waals surface area contributed by atoms with E-state index in [9.17, 15) is 29.8 Å². The van der Waals surface area contributed by atoms with Crippen molar-refractivity contribution in [2.75, 3.05) is 6.54 Å². The number of nitrogens with zero attached hydrogens (tertiary/aromatic N) is 2. The highest BCUT2D eigenvalue weighted by molar-refractivity contribution is 6.43. The molecule has 0 aliphatic rings. The lowest BCUT2D eigenvalue weighted by Crippen LogP contribution is -2.49. The number of rotatable bonds is 15. The van der Waals surface area contributed by atoms with Gasteiger partial charge in [-0.25, -0.2) is 15.1 Å². The molecule has 0 saturated carbocycles. The fourth-order valence-electron chi connectivity index (χ4n) is 3.36. The zero-order valence-electron chi connectivity index (χ0n) is 19.1. The predicted octanol–water partition coefficient (Wildman–Crippen LogP) is 0.614. The van der Waals surface area contributed by atoms with E-state index < -0.39 is 29.9 Å². The second-order valence-corrected chi connectivity index (χ2v) is 8.36. The van der Waals surface area contributed by atoms with Crippen molar-refractivity contribution in [3.63, 3.8) is 0 Å². The summed E-state index contributed by atoms with van der Waals surface area (Å²) in [6.07, 6.45) is 1.86. The number of amides is 1. The molecule has 0 spiro atoms. The maximum atomic E-state index is 12.9. The van der Waals surface area contributed by atoms with Crippen LogP contribution in [0.4, 0.5) is 0 Å². The molecule has 0 radical (unpaired) electrons. The molecule has 0 fully saturated rings. The molecule has 1 aromatic rings. The van der Waals surface area contributed by atoms with E-state index in [1.807, 2.05) is 44.2 Å². The van der Waals surface area contributed by atoms with Gasteiger partial charge in [0.2, 0.25) is 5.91 Å². The summed E-state index contributed by atoms with van der Waals surface area (Å²) >= 11 is 0. The van der Waals surface area contributed by atoms with Gasteiger partial charge in [0, 0.05) is 25.3 Å². The van der Waals surface area contributed by atoms with E-state index in [0.29, 0.717) is 19.3 Å². The Morgan fingerprint density at radius 1 is 1.24 bits per heavy atom.